The Morgan fingerprint density at radius 2 is 2.11 bits per heavy atom. The number of likely N-dealkylation sites (tertiary alicyclic amines) is 1. The quantitative estimate of drug-likeness (QED) is 0.802. The van der Waals surface area contributed by atoms with Crippen LogP contribution in [-0.2, 0) is 11.8 Å². The molecule has 1 aromatic heterocycles. The summed E-state index contributed by atoms with van der Waals surface area (Å²) in [5.41, 5.74) is 1.40. The van der Waals surface area contributed by atoms with Crippen molar-refractivity contribution in [3.8, 4) is 0 Å². The molecule has 2 heterocycles. The first-order valence-electron chi connectivity index (χ1n) is 6.97. The molecule has 102 valence electrons. The molecule has 18 heavy (non-hydrogen) atoms. The van der Waals surface area contributed by atoms with Gasteiger partial charge >= 0.3 is 0 Å². The summed E-state index contributed by atoms with van der Waals surface area (Å²) in [5.74, 6) is 0.695. The third kappa shape index (κ3) is 3.82. The van der Waals surface area contributed by atoms with Crippen LogP contribution in [0.3, 0.4) is 0 Å². The second-order valence-corrected chi connectivity index (χ2v) is 5.48. The van der Waals surface area contributed by atoms with Crippen molar-refractivity contribution in [2.45, 2.75) is 38.7 Å². The van der Waals surface area contributed by atoms with Crippen molar-refractivity contribution in [3.63, 3.8) is 0 Å². The first-order valence-corrected chi connectivity index (χ1v) is 6.97. The first-order chi connectivity index (χ1) is 8.65. The van der Waals surface area contributed by atoms with Crippen molar-refractivity contribution < 1.29 is 4.74 Å². The molecule has 0 spiro atoms. The standard InChI is InChI=1S/C14H25N3O/c1-12(2)18-9-8-17-6-4-13(5-7-17)14-10-15-16(3)11-14/h10-13H,4-9H2,1-3H3. The van der Waals surface area contributed by atoms with Gasteiger partial charge in [-0.05, 0) is 51.3 Å². The minimum atomic E-state index is 0.345. The summed E-state index contributed by atoms with van der Waals surface area (Å²) in [5, 5.41) is 4.26. The predicted molar refractivity (Wildman–Crippen MR) is 72.7 cm³/mol. The monoisotopic (exact) mass is 251 g/mol. The van der Waals surface area contributed by atoms with Gasteiger partial charge in [0.25, 0.3) is 0 Å². The predicted octanol–water partition coefficient (Wildman–Crippen LogP) is 2.02. The van der Waals surface area contributed by atoms with Crippen molar-refractivity contribution in [1.29, 1.82) is 0 Å². The van der Waals surface area contributed by atoms with Crippen LogP contribution in [0.25, 0.3) is 0 Å². The van der Waals surface area contributed by atoms with Crippen LogP contribution in [0.2, 0.25) is 0 Å². The molecule has 1 aliphatic heterocycles. The van der Waals surface area contributed by atoms with E-state index >= 15 is 0 Å². The molecule has 0 unspecified atom stereocenters. The van der Waals surface area contributed by atoms with Crippen LogP contribution in [-0.4, -0.2) is 47.0 Å². The fourth-order valence-corrected chi connectivity index (χ4v) is 2.56. The third-order valence-corrected chi connectivity index (χ3v) is 3.64. The highest BCUT2D eigenvalue weighted by atomic mass is 16.5. The van der Waals surface area contributed by atoms with E-state index in [1.54, 1.807) is 0 Å². The first kappa shape index (κ1) is 13.6. The molecule has 1 fully saturated rings. The molecular formula is C14H25N3O. The maximum atomic E-state index is 5.60. The largest absolute Gasteiger partial charge is 0.377 e. The Kier molecular flexibility index (Phi) is 4.78. The molecule has 1 aliphatic rings. The number of hydrogen-bond donors (Lipinski definition) is 0. The lowest BCUT2D eigenvalue weighted by atomic mass is 9.92. The summed E-state index contributed by atoms with van der Waals surface area (Å²) in [6.45, 7) is 8.47. The summed E-state index contributed by atoms with van der Waals surface area (Å²) in [6, 6.07) is 0. The van der Waals surface area contributed by atoms with Gasteiger partial charge in [-0.15, -0.1) is 0 Å². The second-order valence-electron chi connectivity index (χ2n) is 5.48. The maximum absolute atomic E-state index is 5.60. The summed E-state index contributed by atoms with van der Waals surface area (Å²) >= 11 is 0. The van der Waals surface area contributed by atoms with E-state index in [0.717, 1.165) is 13.2 Å². The molecule has 0 atom stereocenters. The van der Waals surface area contributed by atoms with Gasteiger partial charge in [0.05, 0.1) is 18.9 Å². The molecule has 0 N–H and O–H groups in total. The summed E-state index contributed by atoms with van der Waals surface area (Å²) < 4.78 is 7.51. The van der Waals surface area contributed by atoms with E-state index in [2.05, 4.69) is 30.0 Å². The summed E-state index contributed by atoms with van der Waals surface area (Å²) in [4.78, 5) is 2.51. The fourth-order valence-electron chi connectivity index (χ4n) is 2.56. The van der Waals surface area contributed by atoms with Gasteiger partial charge in [0, 0.05) is 19.8 Å². The highest BCUT2D eigenvalue weighted by Crippen LogP contribution is 2.27. The van der Waals surface area contributed by atoms with E-state index in [0.29, 0.717) is 12.0 Å². The van der Waals surface area contributed by atoms with E-state index in [-0.39, 0.29) is 0 Å². The average Bonchev–Trinajstić information content (AvgIpc) is 2.76. The van der Waals surface area contributed by atoms with Crippen LogP contribution in [0.4, 0.5) is 0 Å². The van der Waals surface area contributed by atoms with Gasteiger partial charge < -0.3 is 9.64 Å². The second kappa shape index (κ2) is 6.34. The van der Waals surface area contributed by atoms with Crippen molar-refractivity contribution in [1.82, 2.24) is 14.7 Å². The average molecular weight is 251 g/mol. The van der Waals surface area contributed by atoms with Crippen molar-refractivity contribution in [2.24, 2.45) is 7.05 Å². The summed E-state index contributed by atoms with van der Waals surface area (Å²) in [7, 11) is 1.99. The van der Waals surface area contributed by atoms with Gasteiger partial charge in [0.2, 0.25) is 0 Å². The van der Waals surface area contributed by atoms with Crippen molar-refractivity contribution in [2.75, 3.05) is 26.2 Å². The Morgan fingerprint density at radius 1 is 1.39 bits per heavy atom. The van der Waals surface area contributed by atoms with Gasteiger partial charge in [0.1, 0.15) is 0 Å². The Hall–Kier alpha value is -0.870. The SMILES string of the molecule is CC(C)OCCN1CCC(c2cnn(C)c2)CC1. The minimum absolute atomic E-state index is 0.345. The molecule has 4 nitrogen and oxygen atoms in total. The lowest BCUT2D eigenvalue weighted by Crippen LogP contribution is -2.35. The van der Waals surface area contributed by atoms with E-state index in [9.17, 15) is 0 Å². The molecule has 2 rings (SSSR count). The number of ether oxygens (including phenoxy) is 1. The molecule has 1 aromatic rings. The van der Waals surface area contributed by atoms with E-state index in [1.807, 2.05) is 17.9 Å². The fraction of sp³-hybridized carbons (Fsp3) is 0.786. The number of aryl methyl sites for hydroxylation is 1. The molecule has 0 saturated carbocycles. The van der Waals surface area contributed by atoms with Gasteiger partial charge in [-0.2, -0.15) is 5.10 Å². The number of nitrogens with zero attached hydrogens (tertiary/aromatic N) is 3. The lowest BCUT2D eigenvalue weighted by molar-refractivity contribution is 0.0536. The molecule has 0 amide bonds. The van der Waals surface area contributed by atoms with Gasteiger partial charge in [-0.25, -0.2) is 0 Å². The number of hydrogen-bond acceptors (Lipinski definition) is 3. The van der Waals surface area contributed by atoms with Gasteiger partial charge in [-0.3, -0.25) is 4.68 Å². The van der Waals surface area contributed by atoms with Crippen molar-refractivity contribution >= 4 is 0 Å². The van der Waals surface area contributed by atoms with E-state index in [1.165, 1.54) is 31.5 Å². The topological polar surface area (TPSA) is 30.3 Å². The zero-order valence-corrected chi connectivity index (χ0v) is 11.8. The van der Waals surface area contributed by atoms with Crippen molar-refractivity contribution in [3.05, 3.63) is 18.0 Å². The zero-order valence-electron chi connectivity index (χ0n) is 11.8. The van der Waals surface area contributed by atoms with Crippen LogP contribution in [0.15, 0.2) is 12.4 Å². The Labute approximate surface area is 110 Å². The molecule has 0 bridgehead atoms. The molecule has 0 aromatic carbocycles. The maximum Gasteiger partial charge on any atom is 0.0596 e. The van der Waals surface area contributed by atoms with Crippen LogP contribution < -0.4 is 0 Å². The van der Waals surface area contributed by atoms with E-state index in [4.69, 9.17) is 4.74 Å². The van der Waals surface area contributed by atoms with Crippen LogP contribution in [0.1, 0.15) is 38.2 Å². The molecular weight excluding hydrogens is 226 g/mol. The summed E-state index contributed by atoms with van der Waals surface area (Å²) in [6.07, 6.45) is 7.00. The smallest absolute Gasteiger partial charge is 0.0596 e. The number of aromatic nitrogens is 2. The molecule has 0 aliphatic carbocycles. The highest BCUT2D eigenvalue weighted by molar-refractivity contribution is 5.12. The van der Waals surface area contributed by atoms with Crippen LogP contribution >= 0.6 is 0 Å². The third-order valence-electron chi connectivity index (χ3n) is 3.64. The van der Waals surface area contributed by atoms with E-state index < -0.39 is 0 Å². The highest BCUT2D eigenvalue weighted by Gasteiger charge is 2.21. The van der Waals surface area contributed by atoms with Crippen LogP contribution in [0.5, 0.6) is 0 Å². The molecule has 1 saturated heterocycles. The Morgan fingerprint density at radius 3 is 2.67 bits per heavy atom. The lowest BCUT2D eigenvalue weighted by Gasteiger charge is -2.31. The van der Waals surface area contributed by atoms with Crippen LogP contribution in [0, 0.1) is 0 Å². The zero-order chi connectivity index (χ0) is 13.0. The normalized spacial score (nSPS) is 18.7. The Bertz CT molecular complexity index is 354. The number of rotatable bonds is 5. The van der Waals surface area contributed by atoms with Gasteiger partial charge in [0.15, 0.2) is 0 Å². The number of piperidine rings is 1. The molecule has 4 heteroatoms. The Balaban J connectivity index is 1.71. The van der Waals surface area contributed by atoms with Gasteiger partial charge in [-0.1, -0.05) is 0 Å². The molecule has 0 radical (unpaired) electrons. The minimum Gasteiger partial charge on any atom is -0.377 e.